The van der Waals surface area contributed by atoms with Crippen molar-refractivity contribution in [3.05, 3.63) is 35.4 Å². The van der Waals surface area contributed by atoms with Crippen LogP contribution in [0.1, 0.15) is 66.7 Å². The second kappa shape index (κ2) is 6.25. The maximum atomic E-state index is 13.3. The van der Waals surface area contributed by atoms with E-state index in [0.29, 0.717) is 5.56 Å². The van der Waals surface area contributed by atoms with Crippen molar-refractivity contribution in [2.24, 2.45) is 5.73 Å². The van der Waals surface area contributed by atoms with E-state index >= 15 is 0 Å². The molecule has 7 heteroatoms. The van der Waals surface area contributed by atoms with Gasteiger partial charge in [-0.05, 0) is 25.5 Å². The number of primary amides is 1. The van der Waals surface area contributed by atoms with Crippen molar-refractivity contribution >= 4 is 17.9 Å². The minimum absolute atomic E-state index is 0.00469. The molecule has 0 bridgehead atoms. The molecule has 3 heterocycles. The van der Waals surface area contributed by atoms with E-state index in [1.54, 1.807) is 34.1 Å². The molecule has 3 aliphatic heterocycles. The monoisotopic (exact) mass is 371 g/mol. The van der Waals surface area contributed by atoms with Gasteiger partial charge in [-0.2, -0.15) is 0 Å². The maximum absolute atomic E-state index is 13.3. The quantitative estimate of drug-likeness (QED) is 0.614. The van der Waals surface area contributed by atoms with Crippen molar-refractivity contribution in [1.29, 1.82) is 0 Å². The van der Waals surface area contributed by atoms with Gasteiger partial charge in [0.15, 0.2) is 5.66 Å². The van der Waals surface area contributed by atoms with E-state index in [1.165, 1.54) is 0 Å². The second-order valence-corrected chi connectivity index (χ2v) is 7.70. The van der Waals surface area contributed by atoms with Gasteiger partial charge in [-0.25, -0.2) is 4.79 Å². The average molecular weight is 371 g/mol. The highest BCUT2D eigenvalue weighted by Crippen LogP contribution is 2.65. The van der Waals surface area contributed by atoms with Gasteiger partial charge in [0, 0.05) is 6.42 Å². The molecule has 3 aliphatic rings. The van der Waals surface area contributed by atoms with Crippen LogP contribution in [0.15, 0.2) is 24.3 Å². The number of amides is 3. The fourth-order valence-corrected chi connectivity index (χ4v) is 4.76. The Balaban J connectivity index is 1.64. The predicted octanol–water partition coefficient (Wildman–Crippen LogP) is 2.50. The topological polar surface area (TPSA) is 92.5 Å². The van der Waals surface area contributed by atoms with Crippen LogP contribution in [0.5, 0.6) is 0 Å². The number of nitrogens with two attached hydrogens (primary N) is 1. The van der Waals surface area contributed by atoms with Gasteiger partial charge in [0.2, 0.25) is 5.91 Å². The Hall–Kier alpha value is -2.57. The lowest BCUT2D eigenvalue weighted by molar-refractivity contribution is 0.0649. The summed E-state index contributed by atoms with van der Waals surface area (Å²) in [6.07, 6.45) is 4.23. The number of unbranched alkanes of at least 4 members (excludes halogenated alkanes) is 2. The summed E-state index contributed by atoms with van der Waals surface area (Å²) in [6, 6.07) is 6.57. The van der Waals surface area contributed by atoms with Crippen molar-refractivity contribution < 1.29 is 19.1 Å². The standard InChI is InChI=1S/C20H25N3O4/c1-3-4-5-10-15-20(16-11-12(2)27-19(26)23(16)20)22(15)18(25)14-9-7-6-8-13(14)17(21)24/h6-9,12,15-16H,3-5,10-11H2,1-2H3,(H2,21,24)/t12-,15?,16-,20-,22?,23?/m0/s1. The van der Waals surface area contributed by atoms with Crippen LogP contribution in [0.4, 0.5) is 4.79 Å². The van der Waals surface area contributed by atoms with Gasteiger partial charge >= 0.3 is 6.09 Å². The first-order valence-corrected chi connectivity index (χ1v) is 9.67. The average Bonchev–Trinajstić information content (AvgIpc) is 3.49. The first kappa shape index (κ1) is 17.8. The summed E-state index contributed by atoms with van der Waals surface area (Å²) >= 11 is 0. The normalized spacial score (nSPS) is 30.7. The fourth-order valence-electron chi connectivity index (χ4n) is 4.76. The Morgan fingerprint density at radius 2 is 1.96 bits per heavy atom. The van der Waals surface area contributed by atoms with Crippen LogP contribution in [0, 0.1) is 0 Å². The predicted molar refractivity (Wildman–Crippen MR) is 98.0 cm³/mol. The summed E-state index contributed by atoms with van der Waals surface area (Å²) in [5, 5.41) is 0. The summed E-state index contributed by atoms with van der Waals surface area (Å²) in [5.74, 6) is -0.861. The van der Waals surface area contributed by atoms with E-state index < -0.39 is 11.6 Å². The highest BCUT2D eigenvalue weighted by atomic mass is 16.6. The lowest BCUT2D eigenvalue weighted by Crippen LogP contribution is -2.28. The Labute approximate surface area is 158 Å². The number of ether oxygens (including phenoxy) is 1. The van der Waals surface area contributed by atoms with Crippen LogP contribution in [-0.4, -0.2) is 51.6 Å². The number of rotatable bonds is 6. The summed E-state index contributed by atoms with van der Waals surface area (Å²) in [4.78, 5) is 40.9. The molecule has 4 rings (SSSR count). The lowest BCUT2D eigenvalue weighted by atomic mass is 10.1. The van der Waals surface area contributed by atoms with Gasteiger partial charge in [0.1, 0.15) is 6.10 Å². The van der Waals surface area contributed by atoms with Crippen LogP contribution < -0.4 is 5.73 Å². The number of nitrogens with zero attached hydrogens (tertiary/aromatic N) is 2. The molecule has 2 N–H and O–H groups in total. The minimum atomic E-state index is -0.626. The van der Waals surface area contributed by atoms with Crippen molar-refractivity contribution in [2.45, 2.75) is 69.8 Å². The van der Waals surface area contributed by atoms with E-state index in [0.717, 1.165) is 32.1 Å². The molecule has 144 valence electrons. The van der Waals surface area contributed by atoms with E-state index in [1.807, 2.05) is 6.92 Å². The SMILES string of the molecule is CCCCCC1N(C(=O)c2ccccc2C(N)=O)[C@@]12[C@@H]1C[C@H](C)OC(=O)N12. The van der Waals surface area contributed by atoms with Gasteiger partial charge in [-0.3, -0.25) is 14.5 Å². The third-order valence-corrected chi connectivity index (χ3v) is 6.02. The van der Waals surface area contributed by atoms with Crippen LogP contribution >= 0.6 is 0 Å². The molecule has 27 heavy (non-hydrogen) atoms. The zero-order chi connectivity index (χ0) is 19.3. The zero-order valence-corrected chi connectivity index (χ0v) is 15.7. The van der Waals surface area contributed by atoms with E-state index in [2.05, 4.69) is 6.92 Å². The maximum Gasteiger partial charge on any atom is 0.412 e. The molecule has 3 fully saturated rings. The van der Waals surface area contributed by atoms with Crippen molar-refractivity contribution in [1.82, 2.24) is 9.80 Å². The fraction of sp³-hybridized carbons (Fsp3) is 0.550. The van der Waals surface area contributed by atoms with Gasteiger partial charge in [0.25, 0.3) is 5.91 Å². The highest BCUT2D eigenvalue weighted by molar-refractivity contribution is 6.08. The van der Waals surface area contributed by atoms with Crippen molar-refractivity contribution in [3.8, 4) is 0 Å². The van der Waals surface area contributed by atoms with Gasteiger partial charge in [-0.1, -0.05) is 38.3 Å². The Kier molecular flexibility index (Phi) is 4.13. The molecular weight excluding hydrogens is 346 g/mol. The first-order chi connectivity index (χ1) is 12.9. The van der Waals surface area contributed by atoms with Crippen molar-refractivity contribution in [3.63, 3.8) is 0 Å². The third kappa shape index (κ3) is 2.51. The summed E-state index contributed by atoms with van der Waals surface area (Å²) in [5.41, 5.74) is 5.39. The molecule has 0 aliphatic carbocycles. The van der Waals surface area contributed by atoms with Crippen molar-refractivity contribution in [2.75, 3.05) is 0 Å². The molecule has 3 saturated heterocycles. The number of cyclic esters (lactones) is 1. The molecule has 0 saturated carbocycles. The summed E-state index contributed by atoms with van der Waals surface area (Å²) in [6.45, 7) is 4.01. The molecule has 3 amide bonds. The first-order valence-electron chi connectivity index (χ1n) is 9.67. The number of fused-ring (bicyclic) bond motifs is 3. The zero-order valence-electron chi connectivity index (χ0n) is 15.7. The van der Waals surface area contributed by atoms with Crippen LogP contribution in [0.3, 0.4) is 0 Å². The van der Waals surface area contributed by atoms with E-state index in [-0.39, 0.29) is 35.8 Å². The largest absolute Gasteiger partial charge is 0.446 e. The Bertz CT molecular complexity index is 810. The van der Waals surface area contributed by atoms with Crippen LogP contribution in [-0.2, 0) is 4.74 Å². The minimum Gasteiger partial charge on any atom is -0.446 e. The molecular formula is C20H25N3O4. The summed E-state index contributed by atoms with van der Waals surface area (Å²) < 4.78 is 5.36. The number of carbonyl (C=O) groups excluding carboxylic acids is 3. The van der Waals surface area contributed by atoms with Crippen LogP contribution in [0.25, 0.3) is 0 Å². The molecule has 1 spiro atoms. The molecule has 7 nitrogen and oxygen atoms in total. The van der Waals surface area contributed by atoms with Gasteiger partial charge < -0.3 is 15.4 Å². The number of benzene rings is 1. The third-order valence-electron chi connectivity index (χ3n) is 6.02. The smallest absolute Gasteiger partial charge is 0.412 e. The molecule has 0 radical (unpaired) electrons. The molecule has 1 unspecified atom stereocenters. The summed E-state index contributed by atoms with van der Waals surface area (Å²) in [7, 11) is 0. The highest BCUT2D eigenvalue weighted by Gasteiger charge is 2.87. The molecule has 1 aromatic rings. The Morgan fingerprint density at radius 3 is 2.63 bits per heavy atom. The van der Waals surface area contributed by atoms with Gasteiger partial charge in [-0.15, -0.1) is 0 Å². The van der Waals surface area contributed by atoms with E-state index in [9.17, 15) is 14.4 Å². The lowest BCUT2D eigenvalue weighted by Gasteiger charge is -2.17. The molecule has 4 atom stereocenters. The van der Waals surface area contributed by atoms with E-state index in [4.69, 9.17) is 10.5 Å². The van der Waals surface area contributed by atoms with Gasteiger partial charge in [0.05, 0.1) is 23.2 Å². The number of carbonyl (C=O) groups is 3. The molecule has 0 aromatic heterocycles. The molecule has 1 aromatic carbocycles. The number of hydrogen-bond acceptors (Lipinski definition) is 4. The Morgan fingerprint density at radius 1 is 1.26 bits per heavy atom. The second-order valence-electron chi connectivity index (χ2n) is 7.70. The number of hydrogen-bond donors (Lipinski definition) is 1. The van der Waals surface area contributed by atoms with Crippen LogP contribution in [0.2, 0.25) is 0 Å².